The van der Waals surface area contributed by atoms with Crippen molar-refractivity contribution < 1.29 is 4.79 Å². The van der Waals surface area contributed by atoms with Gasteiger partial charge in [0.15, 0.2) is 5.96 Å². The van der Waals surface area contributed by atoms with Crippen molar-refractivity contribution in [3.63, 3.8) is 0 Å². The fourth-order valence-corrected chi connectivity index (χ4v) is 2.73. The Labute approximate surface area is 174 Å². The largest absolute Gasteiger partial charge is 0.355 e. The Morgan fingerprint density at radius 2 is 1.96 bits per heavy atom. The fraction of sp³-hybridized carbons (Fsp3) is 0.579. The van der Waals surface area contributed by atoms with Crippen molar-refractivity contribution in [2.75, 3.05) is 38.6 Å². The second-order valence-electron chi connectivity index (χ2n) is 6.74. The molecular formula is C19H32IN5O. The molecule has 2 rings (SSSR count). The van der Waals surface area contributed by atoms with Crippen molar-refractivity contribution in [3.8, 4) is 0 Å². The normalized spacial score (nSPS) is 14.8. The predicted molar refractivity (Wildman–Crippen MR) is 119 cm³/mol. The molecule has 0 saturated carbocycles. The van der Waals surface area contributed by atoms with Gasteiger partial charge in [0.25, 0.3) is 0 Å². The summed E-state index contributed by atoms with van der Waals surface area (Å²) in [5.74, 6) is 1.03. The van der Waals surface area contributed by atoms with Crippen LogP contribution in [0.4, 0.5) is 5.69 Å². The molecule has 6 nitrogen and oxygen atoms in total. The van der Waals surface area contributed by atoms with Gasteiger partial charge in [0, 0.05) is 51.4 Å². The van der Waals surface area contributed by atoms with Gasteiger partial charge in [-0.05, 0) is 45.0 Å². The van der Waals surface area contributed by atoms with Gasteiger partial charge < -0.3 is 20.4 Å². The molecule has 0 aromatic heterocycles. The maximum atomic E-state index is 11.8. The average Bonchev–Trinajstić information content (AvgIpc) is 3.04. The Morgan fingerprint density at radius 3 is 2.50 bits per heavy atom. The zero-order chi connectivity index (χ0) is 18.2. The third kappa shape index (κ3) is 6.75. The summed E-state index contributed by atoms with van der Waals surface area (Å²) in [5, 5.41) is 6.66. The second kappa shape index (κ2) is 11.4. The maximum Gasteiger partial charge on any atom is 0.227 e. The van der Waals surface area contributed by atoms with Gasteiger partial charge in [-0.25, -0.2) is 0 Å². The lowest BCUT2D eigenvalue weighted by Gasteiger charge is -2.21. The van der Waals surface area contributed by atoms with E-state index in [-0.39, 0.29) is 29.9 Å². The molecular weight excluding hydrogens is 441 g/mol. The Bertz CT molecular complexity index is 588. The van der Waals surface area contributed by atoms with Gasteiger partial charge in [0.1, 0.15) is 0 Å². The van der Waals surface area contributed by atoms with Gasteiger partial charge in [0.2, 0.25) is 5.91 Å². The standard InChI is InChI=1S/C19H31N5O.HI/c1-15(2)23(4)13-11-21-19(20-3)22-14-16-7-9-17(10-8-16)24-12-5-6-18(24)25;/h7-10,15H,5-6,11-14H2,1-4H3,(H2,20,21,22);1H. The molecule has 0 aliphatic carbocycles. The number of anilines is 1. The highest BCUT2D eigenvalue weighted by Gasteiger charge is 2.21. The number of amides is 1. The monoisotopic (exact) mass is 473 g/mol. The average molecular weight is 473 g/mol. The van der Waals surface area contributed by atoms with Crippen molar-refractivity contribution in [2.45, 2.75) is 39.3 Å². The molecule has 1 aromatic rings. The first-order valence-electron chi connectivity index (χ1n) is 9.05. The number of halogens is 1. The van der Waals surface area contributed by atoms with Gasteiger partial charge in [-0.3, -0.25) is 9.79 Å². The molecule has 146 valence electrons. The molecule has 2 N–H and O–H groups in total. The second-order valence-corrected chi connectivity index (χ2v) is 6.74. The molecule has 26 heavy (non-hydrogen) atoms. The number of guanidine groups is 1. The van der Waals surface area contributed by atoms with E-state index in [1.165, 1.54) is 0 Å². The summed E-state index contributed by atoms with van der Waals surface area (Å²) in [5.41, 5.74) is 2.16. The van der Waals surface area contributed by atoms with E-state index in [1.54, 1.807) is 7.05 Å². The van der Waals surface area contributed by atoms with Gasteiger partial charge in [0.05, 0.1) is 0 Å². The molecule has 1 aliphatic rings. The Hall–Kier alpha value is -1.35. The van der Waals surface area contributed by atoms with Crippen LogP contribution in [0, 0.1) is 0 Å². The van der Waals surface area contributed by atoms with Crippen LogP contribution in [0.15, 0.2) is 29.3 Å². The van der Waals surface area contributed by atoms with Crippen LogP contribution in [0.2, 0.25) is 0 Å². The van der Waals surface area contributed by atoms with Crippen molar-refractivity contribution >= 4 is 41.5 Å². The lowest BCUT2D eigenvalue weighted by molar-refractivity contribution is -0.117. The summed E-state index contributed by atoms with van der Waals surface area (Å²) in [4.78, 5) is 20.2. The smallest absolute Gasteiger partial charge is 0.227 e. The molecule has 1 amide bonds. The zero-order valence-corrected chi connectivity index (χ0v) is 18.6. The number of nitrogens with zero attached hydrogens (tertiary/aromatic N) is 3. The highest BCUT2D eigenvalue weighted by Crippen LogP contribution is 2.21. The van der Waals surface area contributed by atoms with E-state index in [0.717, 1.165) is 43.3 Å². The molecule has 1 heterocycles. The Kier molecular flexibility index (Phi) is 9.93. The number of benzene rings is 1. The van der Waals surface area contributed by atoms with Crippen LogP contribution < -0.4 is 15.5 Å². The first-order valence-corrected chi connectivity index (χ1v) is 9.05. The van der Waals surface area contributed by atoms with Crippen molar-refractivity contribution in [2.24, 2.45) is 4.99 Å². The predicted octanol–water partition coefficient (Wildman–Crippen LogP) is 2.44. The molecule has 1 saturated heterocycles. The summed E-state index contributed by atoms with van der Waals surface area (Å²) >= 11 is 0. The maximum absolute atomic E-state index is 11.8. The summed E-state index contributed by atoms with van der Waals surface area (Å²) in [6.45, 7) is 7.73. The van der Waals surface area contributed by atoms with E-state index in [1.807, 2.05) is 17.0 Å². The molecule has 1 aromatic carbocycles. The minimum absolute atomic E-state index is 0. The SMILES string of the molecule is CN=C(NCCN(C)C(C)C)NCc1ccc(N2CCCC2=O)cc1.I. The van der Waals surface area contributed by atoms with E-state index >= 15 is 0 Å². The van der Waals surface area contributed by atoms with E-state index in [4.69, 9.17) is 0 Å². The number of hydrogen-bond acceptors (Lipinski definition) is 3. The van der Waals surface area contributed by atoms with Crippen LogP contribution >= 0.6 is 24.0 Å². The number of aliphatic imine (C=N–C) groups is 1. The summed E-state index contributed by atoms with van der Waals surface area (Å²) in [6.07, 6.45) is 1.62. The third-order valence-electron chi connectivity index (χ3n) is 4.64. The fourth-order valence-electron chi connectivity index (χ4n) is 2.73. The molecule has 0 unspecified atom stereocenters. The number of rotatable bonds is 7. The number of nitrogens with one attached hydrogen (secondary N) is 2. The summed E-state index contributed by atoms with van der Waals surface area (Å²) in [6, 6.07) is 8.71. The highest BCUT2D eigenvalue weighted by atomic mass is 127. The van der Waals surface area contributed by atoms with E-state index in [2.05, 4.69) is 53.6 Å². The van der Waals surface area contributed by atoms with Crippen LogP contribution in [0.1, 0.15) is 32.3 Å². The molecule has 0 spiro atoms. The molecule has 7 heteroatoms. The molecule has 0 atom stereocenters. The number of likely N-dealkylation sites (N-methyl/N-ethyl adjacent to an activating group) is 1. The first-order chi connectivity index (χ1) is 12.0. The first kappa shape index (κ1) is 22.7. The van der Waals surface area contributed by atoms with Crippen molar-refractivity contribution in [3.05, 3.63) is 29.8 Å². The van der Waals surface area contributed by atoms with Crippen LogP contribution in [-0.2, 0) is 11.3 Å². The minimum Gasteiger partial charge on any atom is -0.355 e. The summed E-state index contributed by atoms with van der Waals surface area (Å²) in [7, 11) is 3.90. The third-order valence-corrected chi connectivity index (χ3v) is 4.64. The quantitative estimate of drug-likeness (QED) is 0.363. The van der Waals surface area contributed by atoms with E-state index < -0.39 is 0 Å². The van der Waals surface area contributed by atoms with Gasteiger partial charge in [-0.15, -0.1) is 24.0 Å². The van der Waals surface area contributed by atoms with Crippen molar-refractivity contribution in [1.29, 1.82) is 0 Å². The van der Waals surface area contributed by atoms with Crippen LogP contribution in [0.25, 0.3) is 0 Å². The van der Waals surface area contributed by atoms with Crippen LogP contribution in [-0.4, -0.2) is 56.5 Å². The lowest BCUT2D eigenvalue weighted by atomic mass is 10.2. The van der Waals surface area contributed by atoms with Gasteiger partial charge in [-0.2, -0.15) is 0 Å². The number of carbonyl (C=O) groups is 1. The van der Waals surface area contributed by atoms with E-state index in [0.29, 0.717) is 19.0 Å². The Balaban J connectivity index is 0.00000338. The molecule has 1 fully saturated rings. The highest BCUT2D eigenvalue weighted by molar-refractivity contribution is 14.0. The zero-order valence-electron chi connectivity index (χ0n) is 16.3. The molecule has 1 aliphatic heterocycles. The lowest BCUT2D eigenvalue weighted by Crippen LogP contribution is -2.41. The number of carbonyl (C=O) groups excluding carboxylic acids is 1. The Morgan fingerprint density at radius 1 is 1.27 bits per heavy atom. The number of hydrogen-bond donors (Lipinski definition) is 2. The van der Waals surface area contributed by atoms with Crippen LogP contribution in [0.5, 0.6) is 0 Å². The van der Waals surface area contributed by atoms with Crippen molar-refractivity contribution in [1.82, 2.24) is 15.5 Å². The molecule has 0 bridgehead atoms. The van der Waals surface area contributed by atoms with E-state index in [9.17, 15) is 4.79 Å². The topological polar surface area (TPSA) is 60.0 Å². The summed E-state index contributed by atoms with van der Waals surface area (Å²) < 4.78 is 0. The van der Waals surface area contributed by atoms with Gasteiger partial charge >= 0.3 is 0 Å². The van der Waals surface area contributed by atoms with Crippen LogP contribution in [0.3, 0.4) is 0 Å². The molecule has 0 radical (unpaired) electrons. The minimum atomic E-state index is 0. The van der Waals surface area contributed by atoms with Gasteiger partial charge in [-0.1, -0.05) is 12.1 Å².